The Morgan fingerprint density at radius 2 is 2.29 bits per heavy atom. The highest BCUT2D eigenvalue weighted by atomic mass is 79.9. The van der Waals surface area contributed by atoms with E-state index in [1.165, 1.54) is 0 Å². The number of nitrogens with zero attached hydrogens (tertiary/aromatic N) is 2. The number of imidazole rings is 1. The number of benzene rings is 1. The van der Waals surface area contributed by atoms with Gasteiger partial charge in [0.1, 0.15) is 5.69 Å². The molecule has 1 N–H and O–H groups in total. The van der Waals surface area contributed by atoms with E-state index in [9.17, 15) is 4.79 Å². The molecule has 0 saturated carbocycles. The summed E-state index contributed by atoms with van der Waals surface area (Å²) in [5.74, 6) is -0.270. The second-order valence-corrected chi connectivity index (χ2v) is 4.79. The molecule has 2 rings (SSSR count). The van der Waals surface area contributed by atoms with Crippen LogP contribution in [0.4, 0.5) is 5.69 Å². The molecule has 0 bridgehead atoms. The molecule has 0 unspecified atom stereocenters. The van der Waals surface area contributed by atoms with E-state index in [2.05, 4.69) is 26.2 Å². The van der Waals surface area contributed by atoms with Gasteiger partial charge in [-0.15, -0.1) is 0 Å². The highest BCUT2D eigenvalue weighted by molar-refractivity contribution is 9.10. The maximum Gasteiger partial charge on any atom is 0.275 e. The van der Waals surface area contributed by atoms with Crippen LogP contribution in [-0.2, 0) is 7.05 Å². The number of hydrogen-bond acceptors (Lipinski definition) is 2. The van der Waals surface area contributed by atoms with Crippen LogP contribution in [0.2, 0.25) is 5.02 Å². The Labute approximate surface area is 112 Å². The normalized spacial score (nSPS) is 10.3. The third-order valence-corrected chi connectivity index (χ3v) is 3.04. The topological polar surface area (TPSA) is 46.9 Å². The van der Waals surface area contributed by atoms with Crippen molar-refractivity contribution in [2.75, 3.05) is 5.32 Å². The van der Waals surface area contributed by atoms with Gasteiger partial charge in [-0.3, -0.25) is 4.79 Å². The van der Waals surface area contributed by atoms with E-state index >= 15 is 0 Å². The average Bonchev–Trinajstić information content (AvgIpc) is 2.70. The molecule has 0 aliphatic rings. The zero-order chi connectivity index (χ0) is 12.4. The minimum atomic E-state index is -0.270. The minimum Gasteiger partial charge on any atom is -0.340 e. The average molecular weight is 315 g/mol. The number of amides is 1. The van der Waals surface area contributed by atoms with E-state index in [1.807, 2.05) is 0 Å². The third kappa shape index (κ3) is 2.87. The minimum absolute atomic E-state index is 0.270. The molecule has 0 aliphatic heterocycles. The molecule has 1 heterocycles. The molecule has 17 heavy (non-hydrogen) atoms. The molecule has 4 nitrogen and oxygen atoms in total. The Morgan fingerprint density at radius 3 is 2.94 bits per heavy atom. The number of carbonyl (C=O) groups excluding carboxylic acids is 1. The standard InChI is InChI=1S/C11H9BrClN3O/c1-16-5-10(14-6-16)11(17)15-9-4-7(13)2-3-8(9)12/h2-6H,1H3,(H,15,17). The molecule has 0 spiro atoms. The van der Waals surface area contributed by atoms with Gasteiger partial charge >= 0.3 is 0 Å². The number of halogens is 2. The lowest BCUT2D eigenvalue weighted by Gasteiger charge is -2.06. The Balaban J connectivity index is 2.21. The first-order valence-corrected chi connectivity index (χ1v) is 5.98. The van der Waals surface area contributed by atoms with Crippen molar-refractivity contribution in [3.63, 3.8) is 0 Å². The van der Waals surface area contributed by atoms with Gasteiger partial charge < -0.3 is 9.88 Å². The second kappa shape index (κ2) is 4.89. The lowest BCUT2D eigenvalue weighted by molar-refractivity contribution is 0.102. The van der Waals surface area contributed by atoms with Gasteiger partial charge in [-0.25, -0.2) is 4.98 Å². The van der Waals surface area contributed by atoms with Crippen molar-refractivity contribution in [1.29, 1.82) is 0 Å². The van der Waals surface area contributed by atoms with E-state index in [1.54, 1.807) is 42.3 Å². The summed E-state index contributed by atoms with van der Waals surface area (Å²) in [6.45, 7) is 0. The summed E-state index contributed by atoms with van der Waals surface area (Å²) in [4.78, 5) is 15.8. The summed E-state index contributed by atoms with van der Waals surface area (Å²) < 4.78 is 2.48. The fourth-order valence-corrected chi connectivity index (χ4v) is 1.83. The summed E-state index contributed by atoms with van der Waals surface area (Å²) in [6.07, 6.45) is 3.22. The van der Waals surface area contributed by atoms with Crippen LogP contribution < -0.4 is 5.32 Å². The van der Waals surface area contributed by atoms with Crippen molar-refractivity contribution in [3.8, 4) is 0 Å². The number of hydrogen-bond donors (Lipinski definition) is 1. The van der Waals surface area contributed by atoms with E-state index in [4.69, 9.17) is 11.6 Å². The van der Waals surface area contributed by atoms with Crippen molar-refractivity contribution in [2.45, 2.75) is 0 Å². The summed E-state index contributed by atoms with van der Waals surface area (Å²) in [5, 5.41) is 3.29. The molecule has 0 aliphatic carbocycles. The fourth-order valence-electron chi connectivity index (χ4n) is 1.31. The smallest absolute Gasteiger partial charge is 0.275 e. The number of aryl methyl sites for hydroxylation is 1. The monoisotopic (exact) mass is 313 g/mol. The first kappa shape index (κ1) is 12.1. The zero-order valence-corrected chi connectivity index (χ0v) is 11.3. The highest BCUT2D eigenvalue weighted by Gasteiger charge is 2.10. The van der Waals surface area contributed by atoms with Gasteiger partial charge in [0.25, 0.3) is 5.91 Å². The van der Waals surface area contributed by atoms with Crippen LogP contribution in [-0.4, -0.2) is 15.5 Å². The van der Waals surface area contributed by atoms with E-state index < -0.39 is 0 Å². The molecule has 0 atom stereocenters. The Bertz CT molecular complexity index is 568. The van der Waals surface area contributed by atoms with Gasteiger partial charge in [-0.05, 0) is 34.1 Å². The van der Waals surface area contributed by atoms with Crippen molar-refractivity contribution < 1.29 is 4.79 Å². The molecule has 1 aromatic heterocycles. The first-order valence-electron chi connectivity index (χ1n) is 4.80. The molecule has 0 radical (unpaired) electrons. The van der Waals surface area contributed by atoms with Crippen molar-refractivity contribution >= 4 is 39.1 Å². The number of rotatable bonds is 2. The van der Waals surface area contributed by atoms with E-state index in [0.717, 1.165) is 4.47 Å². The van der Waals surface area contributed by atoms with Gasteiger partial charge in [0.15, 0.2) is 0 Å². The zero-order valence-electron chi connectivity index (χ0n) is 8.95. The Morgan fingerprint density at radius 1 is 1.53 bits per heavy atom. The van der Waals surface area contributed by atoms with Crippen LogP contribution in [0.3, 0.4) is 0 Å². The summed E-state index contributed by atoms with van der Waals surface area (Å²) in [6, 6.07) is 5.19. The summed E-state index contributed by atoms with van der Waals surface area (Å²) in [5.41, 5.74) is 0.979. The van der Waals surface area contributed by atoms with Gasteiger partial charge in [-0.2, -0.15) is 0 Å². The maximum absolute atomic E-state index is 11.8. The summed E-state index contributed by atoms with van der Waals surface area (Å²) >= 11 is 9.20. The molecule has 88 valence electrons. The largest absolute Gasteiger partial charge is 0.340 e. The molecular weight excluding hydrogens is 305 g/mol. The number of carbonyl (C=O) groups is 1. The second-order valence-electron chi connectivity index (χ2n) is 3.50. The van der Waals surface area contributed by atoms with Crippen LogP contribution in [0.1, 0.15) is 10.5 Å². The molecular formula is C11H9BrClN3O. The van der Waals surface area contributed by atoms with Crippen LogP contribution in [0.5, 0.6) is 0 Å². The SMILES string of the molecule is Cn1cnc(C(=O)Nc2cc(Cl)ccc2Br)c1. The van der Waals surface area contributed by atoms with Crippen LogP contribution >= 0.6 is 27.5 Å². The lowest BCUT2D eigenvalue weighted by atomic mass is 10.3. The number of anilines is 1. The lowest BCUT2D eigenvalue weighted by Crippen LogP contribution is -2.12. The van der Waals surface area contributed by atoms with Crippen LogP contribution in [0.15, 0.2) is 35.2 Å². The van der Waals surface area contributed by atoms with E-state index in [-0.39, 0.29) is 5.91 Å². The van der Waals surface area contributed by atoms with Crippen LogP contribution in [0.25, 0.3) is 0 Å². The molecule has 1 aromatic carbocycles. The number of nitrogens with one attached hydrogen (secondary N) is 1. The fraction of sp³-hybridized carbons (Fsp3) is 0.0909. The summed E-state index contributed by atoms with van der Waals surface area (Å²) in [7, 11) is 1.80. The van der Waals surface area contributed by atoms with Crippen molar-refractivity contribution in [3.05, 3.63) is 45.9 Å². The molecule has 2 aromatic rings. The van der Waals surface area contributed by atoms with Crippen molar-refractivity contribution in [2.24, 2.45) is 7.05 Å². The predicted molar refractivity (Wildman–Crippen MR) is 70.3 cm³/mol. The quantitative estimate of drug-likeness (QED) is 0.926. The highest BCUT2D eigenvalue weighted by Crippen LogP contribution is 2.26. The third-order valence-electron chi connectivity index (χ3n) is 2.11. The Hall–Kier alpha value is -1.33. The molecule has 6 heteroatoms. The molecule has 0 saturated heterocycles. The van der Waals surface area contributed by atoms with Crippen molar-refractivity contribution in [1.82, 2.24) is 9.55 Å². The van der Waals surface area contributed by atoms with Gasteiger partial charge in [0, 0.05) is 22.7 Å². The number of aromatic nitrogens is 2. The maximum atomic E-state index is 11.8. The Kier molecular flexibility index (Phi) is 3.49. The van der Waals surface area contributed by atoms with Gasteiger partial charge in [-0.1, -0.05) is 11.6 Å². The van der Waals surface area contributed by atoms with Gasteiger partial charge in [0.05, 0.1) is 12.0 Å². The van der Waals surface area contributed by atoms with E-state index in [0.29, 0.717) is 16.4 Å². The molecule has 0 fully saturated rings. The molecule has 1 amide bonds. The predicted octanol–water partition coefficient (Wildman–Crippen LogP) is 3.09. The van der Waals surface area contributed by atoms with Crippen LogP contribution in [0, 0.1) is 0 Å². The van der Waals surface area contributed by atoms with Gasteiger partial charge in [0.2, 0.25) is 0 Å². The first-order chi connectivity index (χ1) is 8.06.